The molecule has 19 heteroatoms. The Labute approximate surface area is 750 Å². The molecule has 121 heavy (non-hydrogen) atoms. The molecule has 12 aliphatic rings. The van der Waals surface area contributed by atoms with E-state index in [0.29, 0.717) is 48.3 Å². The lowest BCUT2D eigenvalue weighted by molar-refractivity contribution is -0.215. The lowest BCUT2D eigenvalue weighted by atomic mass is 9.77. The van der Waals surface area contributed by atoms with E-state index in [0.717, 1.165) is 61.9 Å². The van der Waals surface area contributed by atoms with Gasteiger partial charge in [-0.1, -0.05) is 143 Å². The maximum Gasteiger partial charge on any atom is 0.395 e. The second-order valence-corrected chi connectivity index (χ2v) is 46.5. The molecule has 10 heterocycles. The Kier molecular flexibility index (Phi) is 58.7. The number of hydrogen-bond acceptors (Lipinski definition) is 13. The summed E-state index contributed by atoms with van der Waals surface area (Å²) in [5.41, 5.74) is -2.38. The maximum atomic E-state index is 12.4. The molecule has 10 aliphatic heterocycles. The average molecular weight is 1730 g/mol. The minimum atomic E-state index is -4.01. The van der Waals surface area contributed by atoms with Gasteiger partial charge in [-0.05, 0) is 358 Å². The monoisotopic (exact) mass is 1730 g/mol. The number of hydrogen-bond donors (Lipinski definition) is 0. The molecule has 0 aromatic carbocycles. The van der Waals surface area contributed by atoms with Gasteiger partial charge in [-0.2, -0.15) is 26.3 Å². The van der Waals surface area contributed by atoms with Crippen LogP contribution in [0.15, 0.2) is 0 Å². The van der Waals surface area contributed by atoms with Gasteiger partial charge in [0.15, 0.2) is 0 Å². The molecule has 12 rings (SSSR count). The standard InChI is InChI=1S/C9H15F3.2C9H20N2.5C9H19N.C8H13F3.C8H17N.C7H15NO.C7H15N/c1-7(2,3)6-8(4-5-8)9(10,11)12;1-9(2,3)11-7-5-10(4)6-8-11;1-9(2)8-11-6-4-10(3)5-7-11;2*1-9(2,3)10-7-5-4-6-8-10;3*1-9(2)8-10-6-4-3-5-7-10;1-6(2,3)7(4-5-7)8(9,10)11;1-8(2)7-9-5-3-4-6-9;1-7(2)8-3-5-9-6-4-8;1-7(2)8-5-3-4-6-8/h4-6H2,1-3H3;5-8H2,1-4H3;9H,4-8H2,1-3H3;2*4-8H2,1-3H3;3*9H,3-8H2,1-2H3;4-5H2,1-3H3;8H,3-7H2,1-2H3;7H,3-6H2,1-2H3;7H,3-6H2,1-2H3. The third-order valence-corrected chi connectivity index (χ3v) is 26.0. The van der Waals surface area contributed by atoms with Gasteiger partial charge in [0, 0.05) is 127 Å². The normalized spacial score (nSPS) is 22.7. The number of nitrogens with zero attached hydrogens (tertiary/aromatic N) is 12. The number of morpholine rings is 1. The third-order valence-electron chi connectivity index (χ3n) is 26.0. The second kappa shape index (κ2) is 60.2. The molecule has 0 amide bonds. The molecular weight excluding hydrogens is 1520 g/mol. The fourth-order valence-electron chi connectivity index (χ4n) is 18.3. The first-order chi connectivity index (χ1) is 56.0. The number of likely N-dealkylation sites (tertiary alicyclic amines) is 7. The maximum absolute atomic E-state index is 12.4. The van der Waals surface area contributed by atoms with Crippen LogP contribution in [0.1, 0.15) is 355 Å². The summed E-state index contributed by atoms with van der Waals surface area (Å²) in [6.45, 7) is 102. The van der Waals surface area contributed by atoms with Crippen LogP contribution in [0.3, 0.4) is 0 Å². The Morgan fingerprint density at radius 1 is 0.264 bits per heavy atom. The first-order valence-corrected chi connectivity index (χ1v) is 50.5. The molecule has 0 aromatic rings. The number of likely N-dealkylation sites (N-methyl/N-ethyl adjacent to an activating group) is 2. The number of ether oxygens (including phenoxy) is 1. The van der Waals surface area contributed by atoms with E-state index in [-0.39, 0.29) is 11.8 Å². The van der Waals surface area contributed by atoms with Gasteiger partial charge < -0.3 is 43.9 Å². The van der Waals surface area contributed by atoms with Gasteiger partial charge in [0.2, 0.25) is 0 Å². The lowest BCUT2D eigenvalue weighted by Crippen LogP contribution is -2.52. The molecule has 0 aromatic heterocycles. The highest BCUT2D eigenvalue weighted by molar-refractivity contribution is 5.06. The predicted molar refractivity (Wildman–Crippen MR) is 516 cm³/mol. The third kappa shape index (κ3) is 56.4. The van der Waals surface area contributed by atoms with E-state index in [1.807, 2.05) is 20.8 Å². The van der Waals surface area contributed by atoms with Crippen LogP contribution in [-0.2, 0) is 4.74 Å². The summed E-state index contributed by atoms with van der Waals surface area (Å²) in [4.78, 5) is 30.4. The highest BCUT2D eigenvalue weighted by atomic mass is 19.4. The summed E-state index contributed by atoms with van der Waals surface area (Å²) in [6.07, 6.45) is 20.6. The largest absolute Gasteiger partial charge is 0.395 e. The summed E-state index contributed by atoms with van der Waals surface area (Å²) >= 11 is 0. The van der Waals surface area contributed by atoms with Crippen molar-refractivity contribution < 1.29 is 31.1 Å². The second-order valence-electron chi connectivity index (χ2n) is 46.5. The van der Waals surface area contributed by atoms with Crippen molar-refractivity contribution in [3.63, 3.8) is 0 Å². The van der Waals surface area contributed by atoms with Crippen molar-refractivity contribution in [2.75, 3.05) is 217 Å². The molecule has 0 atom stereocenters. The number of alkyl halides is 6. The predicted octanol–water partition coefficient (Wildman–Crippen LogP) is 23.9. The first kappa shape index (κ1) is 118. The quantitative estimate of drug-likeness (QED) is 0.165. The average Bonchev–Trinajstić information content (AvgIpc) is 1.56. The van der Waals surface area contributed by atoms with Crippen LogP contribution in [0.4, 0.5) is 26.3 Å². The number of rotatable bonds is 13. The Balaban J connectivity index is 0.000000661. The smallest absolute Gasteiger partial charge is 0.379 e. The van der Waals surface area contributed by atoms with Gasteiger partial charge in [-0.15, -0.1) is 0 Å². The zero-order valence-corrected chi connectivity index (χ0v) is 86.5. The summed E-state index contributed by atoms with van der Waals surface area (Å²) in [5.74, 6) is 4.20. The van der Waals surface area contributed by atoms with E-state index in [1.54, 1.807) is 20.8 Å². The molecule has 2 saturated carbocycles. The summed E-state index contributed by atoms with van der Waals surface area (Å²) in [7, 11) is 4.40. The van der Waals surface area contributed by atoms with Crippen LogP contribution in [0, 0.1) is 51.2 Å². The Hall–Kier alpha value is -0.940. The van der Waals surface area contributed by atoms with E-state index >= 15 is 0 Å². The Morgan fingerprint density at radius 2 is 0.496 bits per heavy atom. The van der Waals surface area contributed by atoms with Gasteiger partial charge in [0.1, 0.15) is 0 Å². The molecular formula is C102H210F6N12O. The van der Waals surface area contributed by atoms with E-state index in [4.69, 9.17) is 4.74 Å². The lowest BCUT2D eigenvalue weighted by Gasteiger charge is -2.41. The molecule has 13 nitrogen and oxygen atoms in total. The van der Waals surface area contributed by atoms with E-state index in [9.17, 15) is 26.3 Å². The van der Waals surface area contributed by atoms with Gasteiger partial charge in [-0.3, -0.25) is 19.6 Å². The number of piperidine rings is 5. The topological polar surface area (TPSA) is 48.1 Å². The fraction of sp³-hybridized carbons (Fsp3) is 1.00. The van der Waals surface area contributed by atoms with Crippen LogP contribution < -0.4 is 0 Å². The molecule has 12 fully saturated rings. The van der Waals surface area contributed by atoms with Crippen molar-refractivity contribution in [2.24, 2.45) is 51.2 Å². The Bertz CT molecular complexity index is 2310. The molecule has 10 saturated heterocycles. The SMILES string of the molecule is CC(C)(C)C1(C(F)(F)F)CC1.CC(C)(C)CC1(C(F)(F)F)CC1.CC(C)(C)N1CCCCC1.CC(C)(C)N1CCCCC1.CC(C)CN1CCCC1.CC(C)CN1CCCCC1.CC(C)CN1CCCCC1.CC(C)CN1CCCCC1.CC(C)CN1CCN(C)CC1.CC(C)N1CCCC1.CC(C)N1CCOCC1.CN1CCN(C(C)(C)C)CC1. The summed E-state index contributed by atoms with van der Waals surface area (Å²) < 4.78 is 79.7. The van der Waals surface area contributed by atoms with Crippen molar-refractivity contribution >= 4 is 0 Å². The molecule has 0 unspecified atom stereocenters. The van der Waals surface area contributed by atoms with Crippen molar-refractivity contribution in [3.8, 4) is 0 Å². The minimum Gasteiger partial charge on any atom is -0.379 e. The molecule has 0 radical (unpaired) electrons. The summed E-state index contributed by atoms with van der Waals surface area (Å²) in [6, 6.07) is 1.46. The van der Waals surface area contributed by atoms with Gasteiger partial charge >= 0.3 is 12.4 Å². The van der Waals surface area contributed by atoms with Crippen molar-refractivity contribution in [1.29, 1.82) is 0 Å². The fourth-order valence-corrected chi connectivity index (χ4v) is 18.3. The first-order valence-electron chi connectivity index (χ1n) is 50.5. The van der Waals surface area contributed by atoms with Crippen LogP contribution in [-0.4, -0.2) is 317 Å². The Morgan fingerprint density at radius 3 is 0.669 bits per heavy atom. The van der Waals surface area contributed by atoms with E-state index in [1.165, 1.54) is 299 Å². The molecule has 0 bridgehead atoms. The highest BCUT2D eigenvalue weighted by Gasteiger charge is 2.68. The van der Waals surface area contributed by atoms with Gasteiger partial charge in [0.05, 0.1) is 24.0 Å². The zero-order valence-electron chi connectivity index (χ0n) is 86.5. The molecule has 726 valence electrons. The number of halogens is 6. The zero-order chi connectivity index (χ0) is 92.1. The van der Waals surface area contributed by atoms with Crippen LogP contribution >= 0.6 is 0 Å². The van der Waals surface area contributed by atoms with E-state index in [2.05, 4.69) is 232 Å². The minimum absolute atomic E-state index is 0.216. The summed E-state index contributed by atoms with van der Waals surface area (Å²) in [5, 5.41) is 0. The molecule has 0 spiro atoms. The van der Waals surface area contributed by atoms with Crippen molar-refractivity contribution in [1.82, 2.24) is 58.8 Å². The number of piperazine rings is 2. The molecule has 2 aliphatic carbocycles. The molecule has 0 N–H and O–H groups in total. The van der Waals surface area contributed by atoms with E-state index < -0.39 is 28.6 Å². The van der Waals surface area contributed by atoms with Crippen LogP contribution in [0.25, 0.3) is 0 Å². The van der Waals surface area contributed by atoms with Crippen molar-refractivity contribution in [3.05, 3.63) is 0 Å². The van der Waals surface area contributed by atoms with Crippen molar-refractivity contribution in [2.45, 2.75) is 396 Å². The highest BCUT2D eigenvalue weighted by Crippen LogP contribution is 2.67. The van der Waals surface area contributed by atoms with Gasteiger partial charge in [0.25, 0.3) is 0 Å². The van der Waals surface area contributed by atoms with Crippen LogP contribution in [0.5, 0.6) is 0 Å². The van der Waals surface area contributed by atoms with Gasteiger partial charge in [-0.25, -0.2) is 0 Å². The van der Waals surface area contributed by atoms with Crippen LogP contribution in [0.2, 0.25) is 0 Å².